The van der Waals surface area contributed by atoms with E-state index in [0.717, 1.165) is 12.8 Å². The van der Waals surface area contributed by atoms with Crippen LogP contribution in [-0.2, 0) is 4.74 Å². The number of alkyl carbamates (subject to hydrolysis) is 1. The zero-order chi connectivity index (χ0) is 21.0. The first kappa shape index (κ1) is 20.6. The molecule has 1 N–H and O–H groups in total. The molecule has 1 aromatic carbocycles. The van der Waals surface area contributed by atoms with Crippen molar-refractivity contribution in [2.45, 2.75) is 45.3 Å². The predicted molar refractivity (Wildman–Crippen MR) is 110 cm³/mol. The molecule has 1 atom stereocenters. The van der Waals surface area contributed by atoms with Crippen LogP contribution in [-0.4, -0.2) is 46.2 Å². The normalized spacial score (nSPS) is 16.9. The molecular weight excluding hydrogens is 370 g/mol. The molecule has 2 amide bonds. The summed E-state index contributed by atoms with van der Waals surface area (Å²) in [5, 5.41) is 2.86. The highest BCUT2D eigenvalue weighted by Crippen LogP contribution is 2.16. The smallest absolute Gasteiger partial charge is 0.407 e. The highest BCUT2D eigenvalue weighted by Gasteiger charge is 2.27. The van der Waals surface area contributed by atoms with Crippen molar-refractivity contribution in [2.24, 2.45) is 0 Å². The van der Waals surface area contributed by atoms with Gasteiger partial charge in [0, 0.05) is 42.6 Å². The molecule has 29 heavy (non-hydrogen) atoms. The van der Waals surface area contributed by atoms with Crippen LogP contribution in [0.1, 0.15) is 44.0 Å². The number of pyridine rings is 1. The first-order chi connectivity index (χ1) is 13.7. The summed E-state index contributed by atoms with van der Waals surface area (Å²) < 4.78 is 6.83. The third kappa shape index (κ3) is 5.47. The van der Waals surface area contributed by atoms with Crippen LogP contribution in [0.3, 0.4) is 0 Å². The Morgan fingerprint density at radius 3 is 2.48 bits per heavy atom. The summed E-state index contributed by atoms with van der Waals surface area (Å²) >= 11 is 0. The van der Waals surface area contributed by atoms with Crippen LogP contribution < -0.4 is 10.9 Å². The van der Waals surface area contributed by atoms with E-state index < -0.39 is 11.7 Å². The maximum Gasteiger partial charge on any atom is 0.407 e. The summed E-state index contributed by atoms with van der Waals surface area (Å²) in [6.45, 7) is 6.53. The molecule has 1 fully saturated rings. The SMILES string of the molecule is CC(C)(C)OC(=O)NC1CCCN(C(=O)c2ccc(-n3ccccc3=O)cc2)C1. The van der Waals surface area contributed by atoms with Gasteiger partial charge in [-0.3, -0.25) is 14.2 Å². The Labute approximate surface area is 170 Å². The molecular formula is C22H27N3O4. The van der Waals surface area contributed by atoms with Gasteiger partial charge in [-0.2, -0.15) is 0 Å². The lowest BCUT2D eigenvalue weighted by Gasteiger charge is -2.33. The van der Waals surface area contributed by atoms with Crippen LogP contribution in [0.25, 0.3) is 5.69 Å². The highest BCUT2D eigenvalue weighted by molar-refractivity contribution is 5.94. The average Bonchev–Trinajstić information content (AvgIpc) is 2.67. The van der Waals surface area contributed by atoms with Gasteiger partial charge in [-0.15, -0.1) is 0 Å². The predicted octanol–water partition coefficient (Wildman–Crippen LogP) is 2.97. The molecule has 1 saturated heterocycles. The van der Waals surface area contributed by atoms with Gasteiger partial charge in [0.2, 0.25) is 0 Å². The maximum absolute atomic E-state index is 12.9. The Morgan fingerprint density at radius 1 is 1.10 bits per heavy atom. The van der Waals surface area contributed by atoms with Crippen LogP contribution in [0.15, 0.2) is 53.5 Å². The third-order valence-electron chi connectivity index (χ3n) is 4.64. The molecule has 0 bridgehead atoms. The molecule has 1 aliphatic heterocycles. The molecule has 1 aromatic heterocycles. The lowest BCUT2D eigenvalue weighted by atomic mass is 10.0. The van der Waals surface area contributed by atoms with Crippen molar-refractivity contribution >= 4 is 12.0 Å². The quantitative estimate of drug-likeness (QED) is 0.863. The minimum Gasteiger partial charge on any atom is -0.444 e. The van der Waals surface area contributed by atoms with Gasteiger partial charge in [0.25, 0.3) is 11.5 Å². The Hall–Kier alpha value is -3.09. The number of benzene rings is 1. The highest BCUT2D eigenvalue weighted by atomic mass is 16.6. The topological polar surface area (TPSA) is 80.6 Å². The number of amides is 2. The molecule has 7 nitrogen and oxygen atoms in total. The minimum atomic E-state index is -0.559. The molecule has 0 aliphatic carbocycles. The Morgan fingerprint density at radius 2 is 1.83 bits per heavy atom. The standard InChI is InChI=1S/C22H27N3O4/c1-22(2,3)29-21(28)23-17-7-6-13-24(15-17)20(27)16-9-11-18(12-10-16)25-14-5-4-8-19(25)26/h4-5,8-12,14,17H,6-7,13,15H2,1-3H3,(H,23,28). The second-order valence-electron chi connectivity index (χ2n) is 8.19. The lowest BCUT2D eigenvalue weighted by molar-refractivity contribution is 0.0452. The van der Waals surface area contributed by atoms with E-state index in [1.807, 2.05) is 20.8 Å². The molecule has 0 saturated carbocycles. The van der Waals surface area contributed by atoms with Gasteiger partial charge in [0.15, 0.2) is 0 Å². The molecule has 3 rings (SSSR count). The summed E-state index contributed by atoms with van der Waals surface area (Å²) in [6, 6.07) is 11.8. The number of piperidine rings is 1. The zero-order valence-corrected chi connectivity index (χ0v) is 17.1. The largest absolute Gasteiger partial charge is 0.444 e. The number of nitrogens with one attached hydrogen (secondary N) is 1. The van der Waals surface area contributed by atoms with Gasteiger partial charge in [-0.1, -0.05) is 6.07 Å². The molecule has 0 radical (unpaired) electrons. The zero-order valence-electron chi connectivity index (χ0n) is 17.1. The Balaban J connectivity index is 1.64. The number of hydrogen-bond donors (Lipinski definition) is 1. The van der Waals surface area contributed by atoms with Gasteiger partial charge in [0.1, 0.15) is 5.60 Å². The maximum atomic E-state index is 12.9. The number of likely N-dealkylation sites (tertiary alicyclic amines) is 1. The van der Waals surface area contributed by atoms with Gasteiger partial charge in [-0.05, 0) is 63.9 Å². The van der Waals surface area contributed by atoms with Crippen molar-refractivity contribution in [1.29, 1.82) is 0 Å². The fourth-order valence-electron chi connectivity index (χ4n) is 3.34. The Kier molecular flexibility index (Phi) is 6.06. The van der Waals surface area contributed by atoms with Crippen molar-refractivity contribution in [1.82, 2.24) is 14.8 Å². The van der Waals surface area contributed by atoms with Crippen LogP contribution in [0.5, 0.6) is 0 Å². The van der Waals surface area contributed by atoms with Crippen LogP contribution in [0, 0.1) is 0 Å². The van der Waals surface area contributed by atoms with Crippen molar-refractivity contribution < 1.29 is 14.3 Å². The summed E-state index contributed by atoms with van der Waals surface area (Å²) in [6.07, 6.45) is 2.84. The first-order valence-electron chi connectivity index (χ1n) is 9.80. The van der Waals surface area contributed by atoms with E-state index in [1.54, 1.807) is 47.5 Å². The van der Waals surface area contributed by atoms with Crippen LogP contribution in [0.4, 0.5) is 4.79 Å². The van der Waals surface area contributed by atoms with Crippen molar-refractivity contribution in [3.05, 3.63) is 64.6 Å². The number of aromatic nitrogens is 1. The van der Waals surface area contributed by atoms with Gasteiger partial charge in [-0.25, -0.2) is 4.79 Å². The number of ether oxygens (including phenoxy) is 1. The number of carbonyl (C=O) groups is 2. The number of nitrogens with zero attached hydrogens (tertiary/aromatic N) is 2. The molecule has 2 heterocycles. The van der Waals surface area contributed by atoms with E-state index in [4.69, 9.17) is 4.74 Å². The molecule has 7 heteroatoms. The van der Waals surface area contributed by atoms with Crippen LogP contribution in [0.2, 0.25) is 0 Å². The van der Waals surface area contributed by atoms with Crippen molar-refractivity contribution in [3.63, 3.8) is 0 Å². The van der Waals surface area contributed by atoms with Gasteiger partial charge in [0.05, 0.1) is 0 Å². The fraction of sp³-hybridized carbons (Fsp3) is 0.409. The second kappa shape index (κ2) is 8.51. The molecule has 2 aromatic rings. The Bertz CT molecular complexity index is 928. The van der Waals surface area contributed by atoms with E-state index in [0.29, 0.717) is 24.3 Å². The fourth-order valence-corrected chi connectivity index (χ4v) is 3.34. The van der Waals surface area contributed by atoms with E-state index in [9.17, 15) is 14.4 Å². The minimum absolute atomic E-state index is 0.0901. The summed E-state index contributed by atoms with van der Waals surface area (Å²) in [5.74, 6) is -0.0901. The van der Waals surface area contributed by atoms with E-state index in [-0.39, 0.29) is 17.5 Å². The monoisotopic (exact) mass is 397 g/mol. The summed E-state index contributed by atoms with van der Waals surface area (Å²) in [7, 11) is 0. The number of rotatable bonds is 3. The second-order valence-corrected chi connectivity index (χ2v) is 8.19. The molecule has 0 spiro atoms. The van der Waals surface area contributed by atoms with E-state index >= 15 is 0 Å². The summed E-state index contributed by atoms with van der Waals surface area (Å²) in [4.78, 5) is 38.6. The number of hydrogen-bond acceptors (Lipinski definition) is 4. The van der Waals surface area contributed by atoms with Gasteiger partial charge < -0.3 is 15.0 Å². The average molecular weight is 397 g/mol. The van der Waals surface area contributed by atoms with Gasteiger partial charge >= 0.3 is 6.09 Å². The molecule has 154 valence electrons. The first-order valence-corrected chi connectivity index (χ1v) is 9.80. The number of carbonyl (C=O) groups excluding carboxylic acids is 2. The third-order valence-corrected chi connectivity index (χ3v) is 4.64. The van der Waals surface area contributed by atoms with Crippen LogP contribution >= 0.6 is 0 Å². The molecule has 1 unspecified atom stereocenters. The molecule has 1 aliphatic rings. The van der Waals surface area contributed by atoms with E-state index in [2.05, 4.69) is 5.32 Å². The van der Waals surface area contributed by atoms with Crippen molar-refractivity contribution in [2.75, 3.05) is 13.1 Å². The lowest BCUT2D eigenvalue weighted by Crippen LogP contribution is -2.50. The van der Waals surface area contributed by atoms with E-state index in [1.165, 1.54) is 10.6 Å². The summed E-state index contributed by atoms with van der Waals surface area (Å²) in [5.41, 5.74) is 0.570. The van der Waals surface area contributed by atoms with Crippen molar-refractivity contribution in [3.8, 4) is 5.69 Å².